The fourth-order valence-corrected chi connectivity index (χ4v) is 1.64. The van der Waals surface area contributed by atoms with Gasteiger partial charge in [-0.15, -0.1) is 0 Å². The van der Waals surface area contributed by atoms with Crippen LogP contribution in [0.15, 0.2) is 18.5 Å². The first kappa shape index (κ1) is 15.8. The molecule has 0 radical (unpaired) electrons. The van der Waals surface area contributed by atoms with Gasteiger partial charge in [-0.1, -0.05) is 0 Å². The van der Waals surface area contributed by atoms with Gasteiger partial charge in [-0.2, -0.15) is 13.2 Å². The molecule has 1 aromatic heterocycles. The normalized spacial score (nSPS) is 12.6. The monoisotopic (exact) mass is 275 g/mol. The van der Waals surface area contributed by atoms with E-state index >= 15 is 0 Å². The van der Waals surface area contributed by atoms with Gasteiger partial charge in [-0.25, -0.2) is 0 Å². The van der Waals surface area contributed by atoms with Gasteiger partial charge in [-0.05, 0) is 26.8 Å². The van der Waals surface area contributed by atoms with Crippen molar-refractivity contribution in [2.24, 2.45) is 0 Å². The van der Waals surface area contributed by atoms with Crippen molar-refractivity contribution in [2.75, 3.05) is 18.5 Å². The fraction of sp³-hybridized carbons (Fsp3) is 0.615. The van der Waals surface area contributed by atoms with Gasteiger partial charge in [0.25, 0.3) is 0 Å². The summed E-state index contributed by atoms with van der Waals surface area (Å²) in [7, 11) is 1.43. The first-order valence-corrected chi connectivity index (χ1v) is 6.04. The lowest BCUT2D eigenvalue weighted by molar-refractivity contribution is -0.119. The highest BCUT2D eigenvalue weighted by Crippen LogP contribution is 2.23. The standard InChI is InChI=1S/C13H20F3N3/c1-12(2,3)18-8-10-7-17-6-5-11(10)19(4)9-13(14,15)16/h5-7,18H,8-9H2,1-4H3. The number of halogens is 3. The molecule has 0 spiro atoms. The maximum atomic E-state index is 12.4. The lowest BCUT2D eigenvalue weighted by Crippen LogP contribution is -2.36. The molecule has 0 aromatic carbocycles. The summed E-state index contributed by atoms with van der Waals surface area (Å²) in [5.74, 6) is 0. The van der Waals surface area contributed by atoms with Crippen LogP contribution in [0.25, 0.3) is 0 Å². The zero-order valence-corrected chi connectivity index (χ0v) is 11.7. The maximum absolute atomic E-state index is 12.4. The van der Waals surface area contributed by atoms with E-state index in [1.54, 1.807) is 12.3 Å². The van der Waals surface area contributed by atoms with Gasteiger partial charge in [0, 0.05) is 42.8 Å². The smallest absolute Gasteiger partial charge is 0.365 e. The summed E-state index contributed by atoms with van der Waals surface area (Å²) in [6, 6.07) is 1.60. The quantitative estimate of drug-likeness (QED) is 0.915. The number of rotatable bonds is 4. The van der Waals surface area contributed by atoms with Crippen molar-refractivity contribution in [2.45, 2.75) is 39.0 Å². The average Bonchev–Trinajstić information content (AvgIpc) is 2.23. The van der Waals surface area contributed by atoms with Crippen molar-refractivity contribution >= 4 is 5.69 Å². The predicted octanol–water partition coefficient (Wildman–Crippen LogP) is 2.97. The molecule has 0 aliphatic carbocycles. The molecule has 1 aromatic rings. The van der Waals surface area contributed by atoms with Crippen LogP contribution < -0.4 is 10.2 Å². The first-order valence-electron chi connectivity index (χ1n) is 6.04. The van der Waals surface area contributed by atoms with Crippen molar-refractivity contribution in [3.63, 3.8) is 0 Å². The molecule has 19 heavy (non-hydrogen) atoms. The molecule has 6 heteroatoms. The van der Waals surface area contributed by atoms with Crippen molar-refractivity contribution in [1.29, 1.82) is 0 Å². The third-order valence-corrected chi connectivity index (χ3v) is 2.51. The van der Waals surface area contributed by atoms with Gasteiger partial charge in [0.1, 0.15) is 6.54 Å². The largest absolute Gasteiger partial charge is 0.405 e. The Morgan fingerprint density at radius 1 is 1.26 bits per heavy atom. The predicted molar refractivity (Wildman–Crippen MR) is 70.2 cm³/mol. The summed E-state index contributed by atoms with van der Waals surface area (Å²) >= 11 is 0. The van der Waals surface area contributed by atoms with E-state index in [4.69, 9.17) is 0 Å². The minimum Gasteiger partial charge on any atom is -0.365 e. The number of nitrogens with zero attached hydrogens (tertiary/aromatic N) is 2. The van der Waals surface area contributed by atoms with E-state index in [1.807, 2.05) is 20.8 Å². The Balaban J connectivity index is 2.83. The van der Waals surface area contributed by atoms with E-state index < -0.39 is 12.7 Å². The van der Waals surface area contributed by atoms with E-state index in [1.165, 1.54) is 18.1 Å². The molecular formula is C13H20F3N3. The average molecular weight is 275 g/mol. The van der Waals surface area contributed by atoms with Crippen LogP contribution in [-0.2, 0) is 6.54 Å². The summed E-state index contributed by atoms with van der Waals surface area (Å²) in [6.07, 6.45) is -1.11. The van der Waals surface area contributed by atoms with Crippen molar-refractivity contribution in [3.05, 3.63) is 24.0 Å². The third kappa shape index (κ3) is 5.92. The molecule has 1 N–H and O–H groups in total. The Hall–Kier alpha value is -1.30. The Bertz CT molecular complexity index is 410. The summed E-state index contributed by atoms with van der Waals surface area (Å²) < 4.78 is 37.3. The molecule has 0 aliphatic heterocycles. The lowest BCUT2D eigenvalue weighted by atomic mass is 10.1. The molecule has 1 rings (SSSR count). The Morgan fingerprint density at radius 3 is 2.42 bits per heavy atom. The second-order valence-corrected chi connectivity index (χ2v) is 5.58. The van der Waals surface area contributed by atoms with Gasteiger partial charge in [0.2, 0.25) is 0 Å². The molecule has 0 fully saturated rings. The maximum Gasteiger partial charge on any atom is 0.405 e. The van der Waals surface area contributed by atoms with Gasteiger partial charge >= 0.3 is 6.18 Å². The highest BCUT2D eigenvalue weighted by Gasteiger charge is 2.30. The summed E-state index contributed by atoms with van der Waals surface area (Å²) in [4.78, 5) is 5.17. The highest BCUT2D eigenvalue weighted by atomic mass is 19.4. The zero-order valence-electron chi connectivity index (χ0n) is 11.7. The van der Waals surface area contributed by atoms with Crippen LogP contribution in [0.3, 0.4) is 0 Å². The van der Waals surface area contributed by atoms with Crippen LogP contribution >= 0.6 is 0 Å². The van der Waals surface area contributed by atoms with E-state index in [-0.39, 0.29) is 5.54 Å². The van der Waals surface area contributed by atoms with Gasteiger partial charge < -0.3 is 10.2 Å². The van der Waals surface area contributed by atoms with Gasteiger partial charge in [-0.3, -0.25) is 4.98 Å². The summed E-state index contributed by atoms with van der Waals surface area (Å²) in [5.41, 5.74) is 1.20. The lowest BCUT2D eigenvalue weighted by Gasteiger charge is -2.26. The van der Waals surface area contributed by atoms with E-state index in [9.17, 15) is 13.2 Å². The number of pyridine rings is 1. The van der Waals surface area contributed by atoms with Crippen LogP contribution in [0.2, 0.25) is 0 Å². The van der Waals surface area contributed by atoms with Crippen LogP contribution in [0, 0.1) is 0 Å². The number of hydrogen-bond acceptors (Lipinski definition) is 3. The first-order chi connectivity index (χ1) is 8.58. The molecule has 0 saturated heterocycles. The topological polar surface area (TPSA) is 28.2 Å². The molecule has 0 amide bonds. The Kier molecular flexibility index (Phi) is 4.79. The molecular weight excluding hydrogens is 255 g/mol. The summed E-state index contributed by atoms with van der Waals surface area (Å²) in [6.45, 7) is 5.52. The molecule has 0 aliphatic rings. The summed E-state index contributed by atoms with van der Waals surface area (Å²) in [5, 5.41) is 3.25. The van der Waals surface area contributed by atoms with E-state index in [2.05, 4.69) is 10.3 Å². The van der Waals surface area contributed by atoms with Crippen LogP contribution in [0.5, 0.6) is 0 Å². The van der Waals surface area contributed by atoms with Crippen LogP contribution in [-0.4, -0.2) is 30.3 Å². The second-order valence-electron chi connectivity index (χ2n) is 5.58. The van der Waals surface area contributed by atoms with Gasteiger partial charge in [0.15, 0.2) is 0 Å². The third-order valence-electron chi connectivity index (χ3n) is 2.51. The number of aromatic nitrogens is 1. The molecule has 0 unspecified atom stereocenters. The van der Waals surface area contributed by atoms with Crippen molar-refractivity contribution in [3.8, 4) is 0 Å². The molecule has 0 saturated carbocycles. The van der Waals surface area contributed by atoms with E-state index in [0.29, 0.717) is 12.2 Å². The van der Waals surface area contributed by atoms with Crippen LogP contribution in [0.1, 0.15) is 26.3 Å². The molecule has 0 atom stereocenters. The Labute approximate surface area is 111 Å². The highest BCUT2D eigenvalue weighted by molar-refractivity contribution is 5.51. The fourth-order valence-electron chi connectivity index (χ4n) is 1.64. The van der Waals surface area contributed by atoms with Crippen molar-refractivity contribution in [1.82, 2.24) is 10.3 Å². The molecule has 1 heterocycles. The molecule has 108 valence electrons. The number of anilines is 1. The minimum absolute atomic E-state index is 0.101. The van der Waals surface area contributed by atoms with E-state index in [0.717, 1.165) is 5.56 Å². The second kappa shape index (κ2) is 5.77. The molecule has 3 nitrogen and oxygen atoms in total. The zero-order chi connectivity index (χ0) is 14.7. The van der Waals surface area contributed by atoms with Crippen molar-refractivity contribution < 1.29 is 13.2 Å². The van der Waals surface area contributed by atoms with Gasteiger partial charge in [0.05, 0.1) is 0 Å². The molecule has 0 bridgehead atoms. The minimum atomic E-state index is -4.22. The Morgan fingerprint density at radius 2 is 1.89 bits per heavy atom. The SMILES string of the molecule is CN(CC(F)(F)F)c1ccncc1CNC(C)(C)C. The number of hydrogen-bond donors (Lipinski definition) is 1. The number of alkyl halides is 3. The number of nitrogens with one attached hydrogen (secondary N) is 1. The van der Waals surface area contributed by atoms with Crippen LogP contribution in [0.4, 0.5) is 18.9 Å².